The number of halogens is 4. The third-order valence-electron chi connectivity index (χ3n) is 9.03. The van der Waals surface area contributed by atoms with Crippen molar-refractivity contribution in [3.05, 3.63) is 90.3 Å². The maximum absolute atomic E-state index is 16.6. The molecule has 274 valence electrons. The van der Waals surface area contributed by atoms with Crippen molar-refractivity contribution in [2.75, 3.05) is 57.8 Å². The number of fused-ring (bicyclic) bond motifs is 1. The molecule has 16 heteroatoms. The van der Waals surface area contributed by atoms with Gasteiger partial charge in [0.15, 0.2) is 17.4 Å². The van der Waals surface area contributed by atoms with Crippen molar-refractivity contribution >= 4 is 34.1 Å². The number of para-hydroxylation sites is 1. The molecule has 12 nitrogen and oxygen atoms in total. The van der Waals surface area contributed by atoms with Crippen LogP contribution >= 0.6 is 0 Å². The maximum atomic E-state index is 16.6. The number of pyridine rings is 1. The number of nitrogens with zero attached hydrogens (tertiary/aromatic N) is 5. The zero-order chi connectivity index (χ0) is 37.0. The molecule has 0 unspecified atom stereocenters. The minimum Gasteiger partial charge on any atom is -0.493 e. The summed E-state index contributed by atoms with van der Waals surface area (Å²) in [5, 5.41) is 1.47. The van der Waals surface area contributed by atoms with E-state index in [9.17, 15) is 22.8 Å². The Labute approximate surface area is 296 Å². The molecule has 4 aromatic rings. The summed E-state index contributed by atoms with van der Waals surface area (Å²) in [5.41, 5.74) is 6.16. The highest BCUT2D eigenvalue weighted by molar-refractivity contribution is 6.05. The molecule has 2 aromatic carbocycles. The summed E-state index contributed by atoms with van der Waals surface area (Å²) < 4.78 is 67.1. The van der Waals surface area contributed by atoms with Crippen molar-refractivity contribution in [3.63, 3.8) is 0 Å². The second-order valence-corrected chi connectivity index (χ2v) is 12.3. The molecule has 0 spiro atoms. The van der Waals surface area contributed by atoms with Crippen molar-refractivity contribution in [2.24, 2.45) is 11.6 Å². The van der Waals surface area contributed by atoms with Gasteiger partial charge < -0.3 is 39.9 Å². The van der Waals surface area contributed by atoms with E-state index in [0.29, 0.717) is 56.3 Å². The van der Waals surface area contributed by atoms with Crippen molar-refractivity contribution in [2.45, 2.75) is 19.2 Å². The van der Waals surface area contributed by atoms with Crippen LogP contribution in [0.5, 0.6) is 11.5 Å². The molecule has 1 saturated heterocycles. The van der Waals surface area contributed by atoms with Crippen molar-refractivity contribution in [3.8, 4) is 22.6 Å². The molecule has 0 bridgehead atoms. The van der Waals surface area contributed by atoms with E-state index in [1.165, 1.54) is 47.7 Å². The first-order valence-electron chi connectivity index (χ1n) is 16.6. The summed E-state index contributed by atoms with van der Waals surface area (Å²) in [5.74, 6) is 5.25. The first-order valence-corrected chi connectivity index (χ1v) is 16.6. The number of rotatable bonds is 10. The van der Waals surface area contributed by atoms with Gasteiger partial charge in [0.2, 0.25) is 5.91 Å². The van der Waals surface area contributed by atoms with Gasteiger partial charge in [-0.25, -0.2) is 15.2 Å². The number of nitrogens with two attached hydrogens (primary N) is 2. The minimum absolute atomic E-state index is 0.0438. The molecule has 4 heterocycles. The van der Waals surface area contributed by atoms with E-state index < -0.39 is 23.8 Å². The van der Waals surface area contributed by atoms with Crippen LogP contribution in [-0.2, 0) is 4.79 Å². The van der Waals surface area contributed by atoms with E-state index in [2.05, 4.69) is 14.7 Å². The Morgan fingerprint density at radius 2 is 1.75 bits per heavy atom. The molecule has 0 radical (unpaired) electrons. The summed E-state index contributed by atoms with van der Waals surface area (Å²) in [4.78, 5) is 39.5. The summed E-state index contributed by atoms with van der Waals surface area (Å²) in [7, 11) is 1.56. The summed E-state index contributed by atoms with van der Waals surface area (Å²) in [6.07, 6.45) is 1.64. The lowest BCUT2D eigenvalue weighted by atomic mass is 9.93. The van der Waals surface area contributed by atoms with E-state index in [0.717, 1.165) is 0 Å². The Morgan fingerprint density at radius 1 is 1.00 bits per heavy atom. The fourth-order valence-corrected chi connectivity index (χ4v) is 6.53. The highest BCUT2D eigenvalue weighted by Gasteiger charge is 2.33. The number of hydrogen-bond acceptors (Lipinski definition) is 9. The van der Waals surface area contributed by atoms with Crippen LogP contribution in [0.3, 0.4) is 0 Å². The normalized spacial score (nSPS) is 15.3. The molecule has 6 rings (SSSR count). The van der Waals surface area contributed by atoms with Gasteiger partial charge in [-0.3, -0.25) is 9.59 Å². The molecule has 2 amide bonds. The number of alkyl halides is 3. The number of H-pyrrole nitrogens is 1. The number of anilines is 1. The van der Waals surface area contributed by atoms with Crippen molar-refractivity contribution < 1.29 is 36.6 Å². The van der Waals surface area contributed by atoms with Gasteiger partial charge in [-0.15, -0.1) is 13.2 Å². The summed E-state index contributed by atoms with van der Waals surface area (Å²) in [6, 6.07) is 12.0. The fraction of sp³-hybridized carbons (Fsp3) is 0.306. The van der Waals surface area contributed by atoms with Gasteiger partial charge in [0.25, 0.3) is 5.91 Å². The van der Waals surface area contributed by atoms with E-state index in [1.54, 1.807) is 47.4 Å². The van der Waals surface area contributed by atoms with Gasteiger partial charge in [0.05, 0.1) is 12.6 Å². The van der Waals surface area contributed by atoms with E-state index in [-0.39, 0.29) is 58.7 Å². The molecular weight excluding hydrogens is 684 g/mol. The predicted molar refractivity (Wildman–Crippen MR) is 187 cm³/mol. The number of nitrogens with one attached hydrogen (secondary N) is 1. The van der Waals surface area contributed by atoms with Crippen LogP contribution in [0, 0.1) is 5.82 Å². The number of aromatic nitrogens is 2. The fourth-order valence-electron chi connectivity index (χ4n) is 6.53. The highest BCUT2D eigenvalue weighted by Crippen LogP contribution is 2.41. The molecule has 0 atom stereocenters. The molecule has 52 heavy (non-hydrogen) atoms. The number of carbonyl (C=O) groups is 2. The highest BCUT2D eigenvalue weighted by atomic mass is 19.4. The van der Waals surface area contributed by atoms with Crippen LogP contribution in [0.1, 0.15) is 28.9 Å². The Morgan fingerprint density at radius 3 is 2.48 bits per heavy atom. The van der Waals surface area contributed by atoms with E-state index >= 15 is 4.39 Å². The maximum Gasteiger partial charge on any atom is 0.573 e. The Hall–Kier alpha value is -5.77. The third kappa shape index (κ3) is 7.76. The number of amides is 2. The third-order valence-corrected chi connectivity index (χ3v) is 9.03. The van der Waals surface area contributed by atoms with Crippen LogP contribution in [0.2, 0.25) is 0 Å². The number of piperazine rings is 1. The summed E-state index contributed by atoms with van der Waals surface area (Å²) in [6.45, 7) is 2.23. The van der Waals surface area contributed by atoms with Crippen LogP contribution in [0.15, 0.2) is 73.2 Å². The average Bonchev–Trinajstić information content (AvgIpc) is 3.60. The van der Waals surface area contributed by atoms with Crippen molar-refractivity contribution in [1.82, 2.24) is 24.8 Å². The zero-order valence-corrected chi connectivity index (χ0v) is 28.3. The minimum atomic E-state index is -5.00. The van der Waals surface area contributed by atoms with Crippen LogP contribution in [-0.4, -0.2) is 95.9 Å². The lowest BCUT2D eigenvalue weighted by Gasteiger charge is -2.35. The van der Waals surface area contributed by atoms with Gasteiger partial charge in [-0.1, -0.05) is 24.3 Å². The molecular formula is C36H38F4N8O4. The number of ether oxygens (including phenoxy) is 2. The number of methoxy groups -OCH3 is 1. The number of carbonyl (C=O) groups excluding carboxylic acids is 2. The second kappa shape index (κ2) is 15.2. The Kier molecular flexibility index (Phi) is 10.6. The second-order valence-electron chi connectivity index (χ2n) is 12.3. The van der Waals surface area contributed by atoms with E-state index in [4.69, 9.17) is 16.3 Å². The van der Waals surface area contributed by atoms with Gasteiger partial charge in [-0.2, -0.15) is 0 Å². The summed E-state index contributed by atoms with van der Waals surface area (Å²) >= 11 is 0. The standard InChI is InChI=1S/C36H38F4N8O4/c1-51-30-9-4-12-43-34(30)45-16-18-46(19-17-45)35(50)28-21-27-26(24-7-2-3-8-29(24)52-36(38,39)40)20-25(32(37)33(27)44-28)23-6-5-13-47(22-23)31(49)10-14-48(42)15-11-41/h2-4,6-9,11-12,15,20-21,44H,5,10,13-14,16-19,22,41-42H2,1H3/b15-11-. The molecule has 2 aliphatic rings. The Balaban J connectivity index is 1.34. The monoisotopic (exact) mass is 722 g/mol. The van der Waals surface area contributed by atoms with Gasteiger partial charge in [0.1, 0.15) is 11.4 Å². The number of hydrazine groups is 1. The van der Waals surface area contributed by atoms with Gasteiger partial charge >= 0.3 is 6.36 Å². The first kappa shape index (κ1) is 36.0. The molecule has 5 N–H and O–H groups in total. The number of hydrogen-bond donors (Lipinski definition) is 3. The Bertz CT molecular complexity index is 2010. The van der Waals surface area contributed by atoms with Crippen molar-refractivity contribution in [1.29, 1.82) is 0 Å². The molecule has 2 aromatic heterocycles. The van der Waals surface area contributed by atoms with Crippen LogP contribution < -0.4 is 25.9 Å². The lowest BCUT2D eigenvalue weighted by molar-refractivity contribution is -0.274. The molecule has 0 aliphatic carbocycles. The molecule has 1 fully saturated rings. The molecule has 2 aliphatic heterocycles. The molecule has 0 saturated carbocycles. The number of aromatic amines is 1. The first-order chi connectivity index (χ1) is 25.0. The predicted octanol–water partition coefficient (Wildman–Crippen LogP) is 4.85. The topological polar surface area (TPSA) is 146 Å². The van der Waals surface area contributed by atoms with Crippen LogP contribution in [0.25, 0.3) is 27.6 Å². The quantitative estimate of drug-likeness (QED) is 0.119. The number of benzene rings is 2. The van der Waals surface area contributed by atoms with E-state index in [1.807, 2.05) is 4.90 Å². The van der Waals surface area contributed by atoms with Gasteiger partial charge in [0, 0.05) is 87.3 Å². The largest absolute Gasteiger partial charge is 0.573 e. The van der Waals surface area contributed by atoms with Gasteiger partial charge in [-0.05, 0) is 47.9 Å². The smallest absolute Gasteiger partial charge is 0.493 e. The lowest BCUT2D eigenvalue weighted by Crippen LogP contribution is -2.49. The average molecular weight is 723 g/mol. The SMILES string of the molecule is COc1cccnc1N1CCN(C(=O)c2cc3c(-c4ccccc4OC(F)(F)F)cc(C4=CCCN(C(=O)CCN(N)/C=C\N)C4)c(F)c3[nH]2)CC1. The van der Waals surface area contributed by atoms with Crippen LogP contribution in [0.4, 0.5) is 23.4 Å². The zero-order valence-electron chi connectivity index (χ0n) is 28.3.